The summed E-state index contributed by atoms with van der Waals surface area (Å²) < 4.78 is 0. The Hall–Kier alpha value is -1.52. The van der Waals surface area contributed by atoms with Gasteiger partial charge in [0.25, 0.3) is 5.91 Å². The lowest BCUT2D eigenvalue weighted by Crippen LogP contribution is -2.55. The van der Waals surface area contributed by atoms with Crippen molar-refractivity contribution >= 4 is 11.8 Å². The van der Waals surface area contributed by atoms with Crippen LogP contribution in [-0.4, -0.2) is 46.8 Å². The van der Waals surface area contributed by atoms with E-state index in [0.29, 0.717) is 12.2 Å². The summed E-state index contributed by atoms with van der Waals surface area (Å²) in [5, 5.41) is 3.06. The highest BCUT2D eigenvalue weighted by Gasteiger charge is 2.50. The summed E-state index contributed by atoms with van der Waals surface area (Å²) in [5.41, 5.74) is -1.15. The van der Waals surface area contributed by atoms with Crippen molar-refractivity contribution in [1.29, 1.82) is 0 Å². The van der Waals surface area contributed by atoms with E-state index in [1.807, 2.05) is 46.6 Å². The van der Waals surface area contributed by atoms with Crippen molar-refractivity contribution in [3.05, 3.63) is 12.4 Å². The highest BCUT2D eigenvalue weighted by Crippen LogP contribution is 2.36. The van der Waals surface area contributed by atoms with Crippen molar-refractivity contribution in [3.8, 4) is 0 Å². The van der Waals surface area contributed by atoms with Gasteiger partial charge in [0.15, 0.2) is 0 Å². The quantitative estimate of drug-likeness (QED) is 0.843. The number of hydrogen-bond acceptors (Lipinski definition) is 3. The van der Waals surface area contributed by atoms with E-state index in [9.17, 15) is 9.59 Å². The zero-order chi connectivity index (χ0) is 16.6. The number of amides is 2. The van der Waals surface area contributed by atoms with Crippen LogP contribution in [0.3, 0.4) is 0 Å². The molecule has 0 aromatic rings. The van der Waals surface area contributed by atoms with E-state index in [-0.39, 0.29) is 17.7 Å². The van der Waals surface area contributed by atoms with Gasteiger partial charge >= 0.3 is 0 Å². The molecule has 1 N–H and O–H groups in total. The lowest BCUT2D eigenvalue weighted by atomic mass is 9.84. The lowest BCUT2D eigenvalue weighted by Gasteiger charge is -2.38. The number of rotatable bonds is 5. The number of nitrogens with zero attached hydrogens (tertiary/aromatic N) is 2. The first kappa shape index (κ1) is 17.5. The van der Waals surface area contributed by atoms with Crippen LogP contribution in [-0.2, 0) is 9.59 Å². The van der Waals surface area contributed by atoms with Crippen LogP contribution in [0, 0.1) is 5.92 Å². The molecule has 0 saturated carbocycles. The van der Waals surface area contributed by atoms with Gasteiger partial charge in [0.05, 0.1) is 0 Å². The second-order valence-corrected chi connectivity index (χ2v) is 6.97. The van der Waals surface area contributed by atoms with Crippen molar-refractivity contribution in [2.45, 2.75) is 58.5 Å². The second kappa shape index (κ2) is 5.70. The fourth-order valence-electron chi connectivity index (χ4n) is 2.87. The Kier molecular flexibility index (Phi) is 4.76. The first-order chi connectivity index (χ1) is 9.46. The van der Waals surface area contributed by atoms with Crippen LogP contribution in [0.2, 0.25) is 0 Å². The minimum Gasteiger partial charge on any atom is -0.351 e. The molecule has 0 aromatic carbocycles. The van der Waals surface area contributed by atoms with Crippen molar-refractivity contribution < 1.29 is 9.59 Å². The molecule has 1 fully saturated rings. The zero-order valence-electron chi connectivity index (χ0n) is 14.4. The van der Waals surface area contributed by atoms with Gasteiger partial charge in [0, 0.05) is 32.0 Å². The molecule has 120 valence electrons. The minimum absolute atomic E-state index is 0.0147. The third-order valence-electron chi connectivity index (χ3n) is 4.59. The third kappa shape index (κ3) is 3.22. The van der Waals surface area contributed by atoms with Crippen LogP contribution in [0.5, 0.6) is 0 Å². The van der Waals surface area contributed by atoms with Crippen LogP contribution < -0.4 is 5.32 Å². The highest BCUT2D eigenvalue weighted by atomic mass is 16.2. The maximum atomic E-state index is 12.5. The van der Waals surface area contributed by atoms with E-state index in [2.05, 4.69) is 11.9 Å². The number of hydrogen-bond donors (Lipinski definition) is 1. The Balaban J connectivity index is 2.90. The molecule has 2 unspecified atom stereocenters. The Morgan fingerprint density at radius 3 is 2.33 bits per heavy atom. The van der Waals surface area contributed by atoms with Gasteiger partial charge in [-0.25, -0.2) is 0 Å². The molecule has 21 heavy (non-hydrogen) atoms. The molecular weight excluding hydrogens is 266 g/mol. The Morgan fingerprint density at radius 2 is 1.95 bits per heavy atom. The van der Waals surface area contributed by atoms with Crippen LogP contribution >= 0.6 is 0 Å². The molecule has 0 radical (unpaired) electrons. The van der Waals surface area contributed by atoms with Crippen molar-refractivity contribution in [3.63, 3.8) is 0 Å². The maximum Gasteiger partial charge on any atom is 0.253 e. The molecule has 1 rings (SSSR count). The molecule has 1 aliphatic rings. The van der Waals surface area contributed by atoms with E-state index in [1.54, 1.807) is 11.9 Å². The van der Waals surface area contributed by atoms with Gasteiger partial charge in [0.2, 0.25) is 5.91 Å². The SMILES string of the molecule is C=C1N(C)C(=O)C(C)(CC(C)(C)NC(=O)C(C)CC)N1C. The highest BCUT2D eigenvalue weighted by molar-refractivity contribution is 5.90. The van der Waals surface area contributed by atoms with Gasteiger partial charge in [-0.3, -0.25) is 9.59 Å². The summed E-state index contributed by atoms with van der Waals surface area (Å²) in [5.74, 6) is 0.713. The average molecular weight is 295 g/mol. The standard InChI is InChI=1S/C16H29N3O2/c1-9-11(2)13(20)17-15(4,5)10-16(6)14(21)18(7)12(3)19(16)8/h11H,3,9-10H2,1-2,4-8H3,(H,17,20). The lowest BCUT2D eigenvalue weighted by molar-refractivity contribution is -0.134. The fourth-order valence-corrected chi connectivity index (χ4v) is 2.87. The molecule has 1 heterocycles. The minimum atomic E-state index is -0.682. The average Bonchev–Trinajstić information content (AvgIpc) is 2.52. The Bertz CT molecular complexity index is 458. The number of carbonyl (C=O) groups is 2. The van der Waals surface area contributed by atoms with Crippen molar-refractivity contribution in [1.82, 2.24) is 15.1 Å². The first-order valence-electron chi connectivity index (χ1n) is 7.49. The molecule has 5 heteroatoms. The summed E-state index contributed by atoms with van der Waals surface area (Å²) in [4.78, 5) is 28.1. The van der Waals surface area contributed by atoms with Gasteiger partial charge in [-0.05, 0) is 27.2 Å². The van der Waals surface area contributed by atoms with Crippen molar-refractivity contribution in [2.75, 3.05) is 14.1 Å². The van der Waals surface area contributed by atoms with E-state index < -0.39 is 11.1 Å². The maximum absolute atomic E-state index is 12.5. The fraction of sp³-hybridized carbons (Fsp3) is 0.750. The molecular formula is C16H29N3O2. The summed E-state index contributed by atoms with van der Waals surface area (Å²) in [6, 6.07) is 0. The predicted molar refractivity (Wildman–Crippen MR) is 84.4 cm³/mol. The smallest absolute Gasteiger partial charge is 0.253 e. The molecule has 1 aliphatic heterocycles. The van der Waals surface area contributed by atoms with Gasteiger partial charge in [-0.15, -0.1) is 0 Å². The number of likely N-dealkylation sites (N-methyl/N-ethyl adjacent to an activating group) is 2. The van der Waals surface area contributed by atoms with E-state index in [1.165, 1.54) is 0 Å². The molecule has 2 atom stereocenters. The van der Waals surface area contributed by atoms with Crippen LogP contribution in [0.1, 0.15) is 47.5 Å². The third-order valence-corrected chi connectivity index (χ3v) is 4.59. The Labute approximate surface area is 128 Å². The summed E-state index contributed by atoms with van der Waals surface area (Å²) >= 11 is 0. The topological polar surface area (TPSA) is 52.7 Å². The molecule has 0 aromatic heterocycles. The first-order valence-corrected chi connectivity index (χ1v) is 7.49. The molecule has 2 amide bonds. The van der Waals surface area contributed by atoms with E-state index >= 15 is 0 Å². The summed E-state index contributed by atoms with van der Waals surface area (Å²) in [6.07, 6.45) is 1.33. The van der Waals surface area contributed by atoms with Gasteiger partial charge < -0.3 is 15.1 Å². The van der Waals surface area contributed by atoms with E-state index in [4.69, 9.17) is 0 Å². The molecule has 0 aliphatic carbocycles. The largest absolute Gasteiger partial charge is 0.351 e. The van der Waals surface area contributed by atoms with Crippen LogP contribution in [0.25, 0.3) is 0 Å². The zero-order valence-corrected chi connectivity index (χ0v) is 14.4. The Morgan fingerprint density at radius 1 is 1.43 bits per heavy atom. The van der Waals surface area contributed by atoms with Crippen LogP contribution in [0.15, 0.2) is 12.4 Å². The number of carbonyl (C=O) groups excluding carboxylic acids is 2. The monoisotopic (exact) mass is 295 g/mol. The van der Waals surface area contributed by atoms with E-state index in [0.717, 1.165) is 6.42 Å². The number of nitrogens with one attached hydrogen (secondary N) is 1. The second-order valence-electron chi connectivity index (χ2n) is 6.97. The van der Waals surface area contributed by atoms with Gasteiger partial charge in [0.1, 0.15) is 11.4 Å². The normalized spacial score (nSPS) is 24.5. The van der Waals surface area contributed by atoms with Gasteiger partial charge in [-0.2, -0.15) is 0 Å². The molecule has 0 bridgehead atoms. The van der Waals surface area contributed by atoms with Crippen molar-refractivity contribution in [2.24, 2.45) is 5.92 Å². The predicted octanol–water partition coefficient (Wildman–Crippen LogP) is 1.95. The summed E-state index contributed by atoms with van der Waals surface area (Å²) in [6.45, 7) is 13.7. The van der Waals surface area contributed by atoms with Gasteiger partial charge in [-0.1, -0.05) is 20.4 Å². The molecule has 1 saturated heterocycles. The van der Waals surface area contributed by atoms with Crippen LogP contribution in [0.4, 0.5) is 0 Å². The summed E-state index contributed by atoms with van der Waals surface area (Å²) in [7, 11) is 3.60. The molecule has 5 nitrogen and oxygen atoms in total. The molecule has 0 spiro atoms.